The fraction of sp³-hybridized carbons (Fsp3) is 0.294. The number of aromatic hydroxyl groups is 2. The number of benzene rings is 3. The number of rotatable bonds is 14. The van der Waals surface area contributed by atoms with E-state index in [1.54, 1.807) is 44.3 Å². The summed E-state index contributed by atoms with van der Waals surface area (Å²) >= 11 is 0. The SMILES string of the molecule is CC(C)C(N)C(=O)NC(Cc1c[nH]c2ccccc12)C(=O)NC(Cc1ccc(O)cc1)C(=O)NC(Cc1ccc(O)cc1)C(=O)O. The number of amides is 3. The first-order chi connectivity index (χ1) is 21.9. The Morgan fingerprint density at radius 2 is 1.17 bits per heavy atom. The van der Waals surface area contributed by atoms with Gasteiger partial charge in [-0.2, -0.15) is 0 Å². The number of carboxylic acid groups (broad SMARTS) is 1. The Bertz CT molecular complexity index is 1670. The molecule has 12 heteroatoms. The number of fused-ring (bicyclic) bond motifs is 1. The summed E-state index contributed by atoms with van der Waals surface area (Å²) in [6.45, 7) is 3.57. The van der Waals surface area contributed by atoms with Crippen molar-refractivity contribution in [1.82, 2.24) is 20.9 Å². The summed E-state index contributed by atoms with van der Waals surface area (Å²) in [5.74, 6) is -3.43. The number of phenols is 2. The molecule has 3 amide bonds. The third-order valence-corrected chi connectivity index (χ3v) is 7.75. The summed E-state index contributed by atoms with van der Waals surface area (Å²) < 4.78 is 0. The number of phenolic OH excluding ortho intramolecular Hbond substituents is 2. The molecule has 0 fully saturated rings. The van der Waals surface area contributed by atoms with E-state index in [1.807, 2.05) is 24.3 Å². The number of para-hydroxylation sites is 1. The number of nitrogens with one attached hydrogen (secondary N) is 4. The van der Waals surface area contributed by atoms with Crippen LogP contribution in [0.2, 0.25) is 0 Å². The Morgan fingerprint density at radius 3 is 1.72 bits per heavy atom. The third kappa shape index (κ3) is 8.85. The Hall–Kier alpha value is -5.36. The van der Waals surface area contributed by atoms with Gasteiger partial charge in [-0.3, -0.25) is 14.4 Å². The van der Waals surface area contributed by atoms with Gasteiger partial charge < -0.3 is 42.0 Å². The molecule has 3 aromatic carbocycles. The van der Waals surface area contributed by atoms with E-state index in [2.05, 4.69) is 20.9 Å². The molecule has 0 bridgehead atoms. The van der Waals surface area contributed by atoms with E-state index in [9.17, 15) is 34.5 Å². The van der Waals surface area contributed by atoms with Crippen LogP contribution in [0.15, 0.2) is 79.0 Å². The second kappa shape index (κ2) is 15.1. The number of hydrogen-bond donors (Lipinski definition) is 8. The molecule has 0 saturated heterocycles. The average molecular weight is 630 g/mol. The zero-order valence-electron chi connectivity index (χ0n) is 25.6. The van der Waals surface area contributed by atoms with Crippen molar-refractivity contribution in [1.29, 1.82) is 0 Å². The number of nitrogens with two attached hydrogens (primary N) is 1. The van der Waals surface area contributed by atoms with Gasteiger partial charge in [0.2, 0.25) is 17.7 Å². The second-order valence-electron chi connectivity index (χ2n) is 11.6. The Labute approximate surface area is 266 Å². The minimum Gasteiger partial charge on any atom is -0.508 e. The van der Waals surface area contributed by atoms with Crippen molar-refractivity contribution in [3.05, 3.63) is 95.7 Å². The van der Waals surface area contributed by atoms with Gasteiger partial charge in [-0.1, -0.05) is 56.3 Å². The van der Waals surface area contributed by atoms with Gasteiger partial charge in [-0.15, -0.1) is 0 Å². The summed E-state index contributed by atoms with van der Waals surface area (Å²) in [5, 5.41) is 38.1. The van der Waals surface area contributed by atoms with E-state index in [-0.39, 0.29) is 36.7 Å². The lowest BCUT2D eigenvalue weighted by Gasteiger charge is -2.26. The zero-order chi connectivity index (χ0) is 33.4. The normalized spacial score (nSPS) is 13.8. The quantitative estimate of drug-likeness (QED) is 0.103. The van der Waals surface area contributed by atoms with Crippen molar-refractivity contribution in [3.8, 4) is 11.5 Å². The fourth-order valence-electron chi connectivity index (χ4n) is 4.99. The van der Waals surface area contributed by atoms with Crippen molar-refractivity contribution in [2.45, 2.75) is 57.3 Å². The molecule has 4 rings (SSSR count). The van der Waals surface area contributed by atoms with Crippen LogP contribution in [0.1, 0.15) is 30.5 Å². The van der Waals surface area contributed by atoms with Crippen molar-refractivity contribution in [2.24, 2.45) is 11.7 Å². The lowest BCUT2D eigenvalue weighted by Crippen LogP contribution is -2.58. The predicted octanol–water partition coefficient (Wildman–Crippen LogP) is 2.13. The minimum atomic E-state index is -1.35. The molecule has 0 saturated carbocycles. The molecule has 0 spiro atoms. The highest BCUT2D eigenvalue weighted by atomic mass is 16.4. The Morgan fingerprint density at radius 1 is 0.696 bits per heavy atom. The van der Waals surface area contributed by atoms with Crippen molar-refractivity contribution in [3.63, 3.8) is 0 Å². The number of carbonyl (C=O) groups is 4. The minimum absolute atomic E-state index is 0.0108. The number of carbonyl (C=O) groups excluding carboxylic acids is 3. The number of aliphatic carboxylic acids is 1. The van der Waals surface area contributed by atoms with Gasteiger partial charge in [-0.25, -0.2) is 4.79 Å². The highest BCUT2D eigenvalue weighted by Crippen LogP contribution is 2.20. The topological polar surface area (TPSA) is 207 Å². The summed E-state index contributed by atoms with van der Waals surface area (Å²) in [6, 6.07) is 14.9. The van der Waals surface area contributed by atoms with Crippen LogP contribution in [0.25, 0.3) is 10.9 Å². The van der Waals surface area contributed by atoms with Crippen molar-refractivity contribution >= 4 is 34.6 Å². The first-order valence-electron chi connectivity index (χ1n) is 14.9. The van der Waals surface area contributed by atoms with E-state index in [1.165, 1.54) is 24.3 Å². The lowest BCUT2D eigenvalue weighted by molar-refractivity contribution is -0.142. The van der Waals surface area contributed by atoms with E-state index >= 15 is 0 Å². The van der Waals surface area contributed by atoms with Crippen molar-refractivity contribution < 1.29 is 34.5 Å². The molecule has 4 atom stereocenters. The first-order valence-corrected chi connectivity index (χ1v) is 14.9. The van der Waals surface area contributed by atoms with Crippen LogP contribution in [0.5, 0.6) is 11.5 Å². The molecule has 4 unspecified atom stereocenters. The number of aromatic nitrogens is 1. The first kappa shape index (κ1) is 33.5. The maximum atomic E-state index is 13.9. The highest BCUT2D eigenvalue weighted by Gasteiger charge is 2.31. The zero-order valence-corrected chi connectivity index (χ0v) is 25.6. The molecule has 0 aliphatic carbocycles. The smallest absolute Gasteiger partial charge is 0.326 e. The largest absolute Gasteiger partial charge is 0.508 e. The van der Waals surface area contributed by atoms with E-state index < -0.39 is 47.9 Å². The van der Waals surface area contributed by atoms with Gasteiger partial charge in [0.05, 0.1) is 6.04 Å². The molecule has 0 radical (unpaired) electrons. The summed E-state index contributed by atoms with van der Waals surface area (Å²) in [5.41, 5.74) is 8.84. The standard InChI is InChI=1S/C34H39N5O7/c1-19(2)30(35)33(44)38-28(17-22-18-36-26-6-4-3-5-25(22)26)32(43)37-27(15-20-7-11-23(40)12-8-20)31(42)39-29(34(45)46)16-21-9-13-24(41)14-10-21/h3-14,18-19,27-30,36,40-41H,15-17,35H2,1-2H3,(H,37,43)(H,38,44)(H,39,42)(H,45,46). The van der Waals surface area contributed by atoms with Gasteiger partial charge in [0.15, 0.2) is 0 Å². The molecule has 1 heterocycles. The molecule has 0 aliphatic heterocycles. The van der Waals surface area contributed by atoms with Gasteiger partial charge >= 0.3 is 5.97 Å². The van der Waals surface area contributed by atoms with Gasteiger partial charge in [0, 0.05) is 36.4 Å². The number of H-pyrrole nitrogens is 1. The maximum Gasteiger partial charge on any atom is 0.326 e. The molecular formula is C34H39N5O7. The van der Waals surface area contributed by atoms with Crippen LogP contribution in [-0.2, 0) is 38.4 Å². The molecule has 1 aromatic heterocycles. The second-order valence-corrected chi connectivity index (χ2v) is 11.6. The number of hydrogen-bond acceptors (Lipinski definition) is 7. The fourth-order valence-corrected chi connectivity index (χ4v) is 4.99. The average Bonchev–Trinajstić information content (AvgIpc) is 3.44. The van der Waals surface area contributed by atoms with Gasteiger partial charge in [0.1, 0.15) is 29.6 Å². The molecule has 12 nitrogen and oxygen atoms in total. The summed E-state index contributed by atoms with van der Waals surface area (Å²) in [6.07, 6.45) is 1.72. The molecular weight excluding hydrogens is 590 g/mol. The van der Waals surface area contributed by atoms with E-state index in [0.29, 0.717) is 11.1 Å². The lowest BCUT2D eigenvalue weighted by atomic mass is 10.00. The van der Waals surface area contributed by atoms with Gasteiger partial charge in [0.25, 0.3) is 0 Å². The van der Waals surface area contributed by atoms with Crippen LogP contribution < -0.4 is 21.7 Å². The van der Waals surface area contributed by atoms with Crippen LogP contribution in [0.3, 0.4) is 0 Å². The molecule has 9 N–H and O–H groups in total. The van der Waals surface area contributed by atoms with E-state index in [4.69, 9.17) is 5.73 Å². The predicted molar refractivity (Wildman–Crippen MR) is 172 cm³/mol. The van der Waals surface area contributed by atoms with Crippen LogP contribution >= 0.6 is 0 Å². The molecule has 0 aliphatic rings. The van der Waals surface area contributed by atoms with Gasteiger partial charge in [-0.05, 0) is 52.9 Å². The Kier molecular flexibility index (Phi) is 11.0. The third-order valence-electron chi connectivity index (χ3n) is 7.75. The number of aromatic amines is 1. The van der Waals surface area contributed by atoms with Crippen LogP contribution in [-0.4, -0.2) is 68.2 Å². The monoisotopic (exact) mass is 629 g/mol. The maximum absolute atomic E-state index is 13.9. The molecule has 46 heavy (non-hydrogen) atoms. The van der Waals surface area contributed by atoms with Crippen molar-refractivity contribution in [2.75, 3.05) is 0 Å². The molecule has 242 valence electrons. The van der Waals surface area contributed by atoms with Crippen LogP contribution in [0, 0.1) is 5.92 Å². The Balaban J connectivity index is 1.61. The molecule has 4 aromatic rings. The van der Waals surface area contributed by atoms with E-state index in [0.717, 1.165) is 16.5 Å². The highest BCUT2D eigenvalue weighted by molar-refractivity contribution is 5.95. The van der Waals surface area contributed by atoms with Crippen LogP contribution in [0.4, 0.5) is 0 Å². The summed E-state index contributed by atoms with van der Waals surface area (Å²) in [7, 11) is 0. The number of carboxylic acids is 1. The summed E-state index contributed by atoms with van der Waals surface area (Å²) in [4.78, 5) is 55.9.